The lowest BCUT2D eigenvalue weighted by molar-refractivity contribution is 0.0849. The van der Waals surface area contributed by atoms with Crippen molar-refractivity contribution in [3.05, 3.63) is 34.5 Å². The normalized spacial score (nSPS) is 14.9. The number of hydrogen-bond acceptors (Lipinski definition) is 2. The van der Waals surface area contributed by atoms with E-state index in [9.17, 15) is 4.79 Å². The van der Waals surface area contributed by atoms with Crippen LogP contribution in [0.15, 0.2) is 12.1 Å². The first kappa shape index (κ1) is 10.5. The van der Waals surface area contributed by atoms with E-state index in [0.29, 0.717) is 6.61 Å². The molecule has 0 aliphatic carbocycles. The fourth-order valence-corrected chi connectivity index (χ4v) is 2.81. The maximum absolute atomic E-state index is 11.3. The first-order valence-electron chi connectivity index (χ1n) is 5.87. The van der Waals surface area contributed by atoms with Crippen molar-refractivity contribution in [2.45, 2.75) is 27.0 Å². The fourth-order valence-electron chi connectivity index (χ4n) is 2.81. The third kappa shape index (κ3) is 1.42. The van der Waals surface area contributed by atoms with E-state index in [1.54, 1.807) is 0 Å². The molecule has 1 aromatic carbocycles. The Bertz CT molecular complexity index is 610. The molecule has 0 saturated heterocycles. The van der Waals surface area contributed by atoms with Gasteiger partial charge in [-0.3, -0.25) is 4.79 Å². The number of benzene rings is 1. The van der Waals surface area contributed by atoms with Gasteiger partial charge >= 0.3 is 0 Å². The van der Waals surface area contributed by atoms with Crippen molar-refractivity contribution in [1.29, 1.82) is 0 Å². The maximum atomic E-state index is 11.3. The summed E-state index contributed by atoms with van der Waals surface area (Å²) >= 11 is 0. The zero-order chi connectivity index (χ0) is 12.0. The predicted octanol–water partition coefficient (Wildman–Crippen LogP) is 2.60. The topological polar surface area (TPSA) is 31.2 Å². The largest absolute Gasteiger partial charge is 0.373 e. The van der Waals surface area contributed by atoms with Gasteiger partial charge in [-0.25, -0.2) is 0 Å². The molecule has 0 bridgehead atoms. The highest BCUT2D eigenvalue weighted by Crippen LogP contribution is 2.31. The molecule has 0 unspecified atom stereocenters. The molecule has 3 nitrogen and oxygen atoms in total. The third-order valence-corrected chi connectivity index (χ3v) is 3.47. The summed E-state index contributed by atoms with van der Waals surface area (Å²) in [5.74, 6) is 0. The van der Waals surface area contributed by atoms with Crippen LogP contribution in [-0.2, 0) is 17.9 Å². The summed E-state index contributed by atoms with van der Waals surface area (Å²) in [5.41, 5.74) is 5.40. The Balaban J connectivity index is 2.47. The molecule has 1 aromatic heterocycles. The second-order valence-corrected chi connectivity index (χ2v) is 4.66. The second-order valence-electron chi connectivity index (χ2n) is 4.66. The van der Waals surface area contributed by atoms with Gasteiger partial charge in [-0.1, -0.05) is 6.07 Å². The third-order valence-electron chi connectivity index (χ3n) is 3.47. The van der Waals surface area contributed by atoms with E-state index in [1.165, 1.54) is 16.6 Å². The number of carbonyl (C=O) groups excluding carboxylic acids is 1. The lowest BCUT2D eigenvalue weighted by Crippen LogP contribution is -2.16. The average Bonchev–Trinajstić information content (AvgIpc) is 2.63. The number of rotatable bonds is 1. The van der Waals surface area contributed by atoms with Gasteiger partial charge in [0.1, 0.15) is 0 Å². The molecule has 0 N–H and O–H groups in total. The van der Waals surface area contributed by atoms with Crippen LogP contribution in [-0.4, -0.2) is 17.5 Å². The lowest BCUT2D eigenvalue weighted by atomic mass is 10.0. The van der Waals surface area contributed by atoms with Crippen LogP contribution in [0.25, 0.3) is 10.9 Å². The molecule has 17 heavy (non-hydrogen) atoms. The Morgan fingerprint density at radius 2 is 2.18 bits per heavy atom. The summed E-state index contributed by atoms with van der Waals surface area (Å²) in [6.07, 6.45) is 0.963. The van der Waals surface area contributed by atoms with Crippen molar-refractivity contribution in [1.82, 2.24) is 4.57 Å². The van der Waals surface area contributed by atoms with Crippen LogP contribution in [0, 0.1) is 13.8 Å². The van der Waals surface area contributed by atoms with Crippen molar-refractivity contribution >= 4 is 17.2 Å². The SMILES string of the molecule is Cc1cc(C)c2c(C=O)c3n(c2c1)CCOC3. The van der Waals surface area contributed by atoms with Crippen LogP contribution in [0.1, 0.15) is 27.2 Å². The van der Waals surface area contributed by atoms with Gasteiger partial charge in [-0.2, -0.15) is 0 Å². The molecule has 3 heteroatoms. The molecule has 2 heterocycles. The zero-order valence-corrected chi connectivity index (χ0v) is 10.1. The molecule has 1 aliphatic rings. The minimum Gasteiger partial charge on any atom is -0.373 e. The van der Waals surface area contributed by atoms with Crippen molar-refractivity contribution in [2.75, 3.05) is 6.61 Å². The smallest absolute Gasteiger partial charge is 0.152 e. The molecular formula is C14H15NO2. The molecule has 0 amide bonds. The second kappa shape index (κ2) is 3.70. The molecule has 88 valence electrons. The summed E-state index contributed by atoms with van der Waals surface area (Å²) in [5, 5.41) is 1.09. The number of fused-ring (bicyclic) bond motifs is 3. The first-order chi connectivity index (χ1) is 8.22. The van der Waals surface area contributed by atoms with E-state index < -0.39 is 0 Å². The Kier molecular flexibility index (Phi) is 2.30. The van der Waals surface area contributed by atoms with Crippen LogP contribution in [0.3, 0.4) is 0 Å². The summed E-state index contributed by atoms with van der Waals surface area (Å²) in [7, 11) is 0. The standard InChI is InChI=1S/C14H15NO2/c1-9-5-10(2)14-11(7-16)13-8-17-4-3-15(13)12(14)6-9/h5-7H,3-4,8H2,1-2H3. The van der Waals surface area contributed by atoms with Crippen LogP contribution in [0.4, 0.5) is 0 Å². The molecule has 0 saturated carbocycles. The van der Waals surface area contributed by atoms with Gasteiger partial charge in [0.2, 0.25) is 0 Å². The Hall–Kier alpha value is -1.61. The van der Waals surface area contributed by atoms with Crippen LogP contribution < -0.4 is 0 Å². The number of nitrogens with zero attached hydrogens (tertiary/aromatic N) is 1. The van der Waals surface area contributed by atoms with Crippen molar-refractivity contribution in [3.8, 4) is 0 Å². The quantitative estimate of drug-likeness (QED) is 0.704. The minimum absolute atomic E-state index is 0.543. The molecule has 0 spiro atoms. The van der Waals surface area contributed by atoms with E-state index >= 15 is 0 Å². The van der Waals surface area contributed by atoms with E-state index in [4.69, 9.17) is 4.74 Å². The van der Waals surface area contributed by atoms with Crippen molar-refractivity contribution in [3.63, 3.8) is 0 Å². The first-order valence-corrected chi connectivity index (χ1v) is 5.87. The van der Waals surface area contributed by atoms with Gasteiger partial charge in [-0.05, 0) is 31.0 Å². The van der Waals surface area contributed by atoms with Gasteiger partial charge in [0, 0.05) is 23.0 Å². The maximum Gasteiger partial charge on any atom is 0.152 e. The molecule has 1 aliphatic heterocycles. The van der Waals surface area contributed by atoms with Crippen LogP contribution >= 0.6 is 0 Å². The van der Waals surface area contributed by atoms with Crippen molar-refractivity contribution < 1.29 is 9.53 Å². The van der Waals surface area contributed by atoms with Gasteiger partial charge in [0.25, 0.3) is 0 Å². The average molecular weight is 229 g/mol. The number of aromatic nitrogens is 1. The highest BCUT2D eigenvalue weighted by Gasteiger charge is 2.20. The molecule has 0 radical (unpaired) electrons. The summed E-state index contributed by atoms with van der Waals surface area (Å²) in [6.45, 7) is 6.26. The minimum atomic E-state index is 0.543. The number of aldehydes is 1. The summed E-state index contributed by atoms with van der Waals surface area (Å²) in [4.78, 5) is 11.3. The molecule has 3 rings (SSSR count). The molecular weight excluding hydrogens is 214 g/mol. The Labute approximate surface area is 100.0 Å². The lowest BCUT2D eigenvalue weighted by Gasteiger charge is -2.17. The van der Waals surface area contributed by atoms with E-state index in [2.05, 4.69) is 30.5 Å². The van der Waals surface area contributed by atoms with Crippen LogP contribution in [0.5, 0.6) is 0 Å². The van der Waals surface area contributed by atoms with Gasteiger partial charge < -0.3 is 9.30 Å². The fraction of sp³-hybridized carbons (Fsp3) is 0.357. The highest BCUT2D eigenvalue weighted by atomic mass is 16.5. The Morgan fingerprint density at radius 1 is 1.35 bits per heavy atom. The Morgan fingerprint density at radius 3 is 2.94 bits per heavy atom. The highest BCUT2D eigenvalue weighted by molar-refractivity contribution is 6.01. The van der Waals surface area contributed by atoms with E-state index in [-0.39, 0.29) is 0 Å². The summed E-state index contributed by atoms with van der Waals surface area (Å²) < 4.78 is 7.68. The number of ether oxygens (including phenoxy) is 1. The predicted molar refractivity (Wildman–Crippen MR) is 66.5 cm³/mol. The van der Waals surface area contributed by atoms with Gasteiger partial charge in [-0.15, -0.1) is 0 Å². The number of carbonyl (C=O) groups is 1. The number of hydrogen-bond donors (Lipinski definition) is 0. The zero-order valence-electron chi connectivity index (χ0n) is 10.1. The van der Waals surface area contributed by atoms with E-state index in [1.807, 2.05) is 0 Å². The summed E-state index contributed by atoms with van der Waals surface area (Å²) in [6, 6.07) is 4.28. The van der Waals surface area contributed by atoms with E-state index in [0.717, 1.165) is 36.1 Å². The molecule has 0 fully saturated rings. The monoisotopic (exact) mass is 229 g/mol. The van der Waals surface area contributed by atoms with Crippen LogP contribution in [0.2, 0.25) is 0 Å². The molecule has 0 atom stereocenters. The molecule has 2 aromatic rings. The number of aryl methyl sites for hydroxylation is 2. The van der Waals surface area contributed by atoms with Gasteiger partial charge in [0.05, 0.1) is 18.9 Å². The van der Waals surface area contributed by atoms with Crippen molar-refractivity contribution in [2.24, 2.45) is 0 Å². The van der Waals surface area contributed by atoms with Gasteiger partial charge in [0.15, 0.2) is 6.29 Å².